The van der Waals surface area contributed by atoms with Crippen molar-refractivity contribution >= 4 is 17.5 Å². The first-order valence-corrected chi connectivity index (χ1v) is 8.59. The molecule has 5 nitrogen and oxygen atoms in total. The minimum atomic E-state index is -4.51. The van der Waals surface area contributed by atoms with Gasteiger partial charge in [-0.2, -0.15) is 13.2 Å². The van der Waals surface area contributed by atoms with Gasteiger partial charge in [0.05, 0.1) is 5.56 Å². The van der Waals surface area contributed by atoms with Crippen molar-refractivity contribution in [3.05, 3.63) is 95.3 Å². The third kappa shape index (κ3) is 5.41. The molecule has 148 valence electrons. The Morgan fingerprint density at radius 3 is 2.31 bits per heavy atom. The Morgan fingerprint density at radius 1 is 0.897 bits per heavy atom. The van der Waals surface area contributed by atoms with E-state index >= 15 is 0 Å². The first-order valence-electron chi connectivity index (χ1n) is 8.59. The molecule has 0 aliphatic rings. The smallest absolute Gasteiger partial charge is 0.348 e. The molecule has 0 aliphatic carbocycles. The van der Waals surface area contributed by atoms with Crippen LogP contribution in [0.2, 0.25) is 0 Å². The number of halogens is 3. The number of nitrogens with one attached hydrogen (secondary N) is 2. The number of pyridine rings is 1. The van der Waals surface area contributed by atoms with Crippen molar-refractivity contribution < 1.29 is 22.8 Å². The van der Waals surface area contributed by atoms with Crippen LogP contribution in [0.5, 0.6) is 0 Å². The average molecular weight is 399 g/mol. The van der Waals surface area contributed by atoms with Crippen molar-refractivity contribution in [2.75, 3.05) is 5.32 Å². The number of amides is 2. The zero-order chi connectivity index (χ0) is 20.9. The van der Waals surface area contributed by atoms with E-state index in [9.17, 15) is 22.8 Å². The minimum absolute atomic E-state index is 0.0104. The van der Waals surface area contributed by atoms with Crippen LogP contribution in [-0.2, 0) is 12.7 Å². The fraction of sp³-hybridized carbons (Fsp3) is 0.0952. The van der Waals surface area contributed by atoms with Gasteiger partial charge in [-0.05, 0) is 48.0 Å². The first kappa shape index (κ1) is 20.1. The average Bonchev–Trinajstić information content (AvgIpc) is 2.72. The van der Waals surface area contributed by atoms with Crippen molar-refractivity contribution in [1.82, 2.24) is 10.3 Å². The number of nitrogens with zero attached hydrogens (tertiary/aromatic N) is 1. The summed E-state index contributed by atoms with van der Waals surface area (Å²) < 4.78 is 38.4. The Morgan fingerprint density at radius 2 is 1.62 bits per heavy atom. The number of aromatic nitrogens is 1. The monoisotopic (exact) mass is 399 g/mol. The summed E-state index contributed by atoms with van der Waals surface area (Å²) in [5.41, 5.74) is 0.372. The maximum atomic E-state index is 12.8. The number of hydrogen-bond donors (Lipinski definition) is 2. The van der Waals surface area contributed by atoms with Crippen molar-refractivity contribution in [3.8, 4) is 0 Å². The molecule has 0 bridgehead atoms. The lowest BCUT2D eigenvalue weighted by atomic mass is 10.1. The molecule has 8 heteroatoms. The maximum absolute atomic E-state index is 12.8. The van der Waals surface area contributed by atoms with Crippen LogP contribution in [0.1, 0.15) is 31.8 Å². The molecule has 3 aromatic rings. The molecule has 3 rings (SSSR count). The van der Waals surface area contributed by atoms with E-state index in [4.69, 9.17) is 0 Å². The second-order valence-electron chi connectivity index (χ2n) is 6.16. The van der Waals surface area contributed by atoms with Gasteiger partial charge >= 0.3 is 6.18 Å². The standard InChI is InChI=1S/C21H16F3N3O2/c22-21(23,24)17-7-2-8-18(11-17)27-20(29)16-6-1-5-15(10-16)19(28)26-13-14-4-3-9-25-12-14/h1-12H,13H2,(H,26,28)(H,27,29). The van der Waals surface area contributed by atoms with E-state index in [1.54, 1.807) is 24.5 Å². The van der Waals surface area contributed by atoms with E-state index in [1.807, 2.05) is 6.07 Å². The van der Waals surface area contributed by atoms with Crippen LogP contribution < -0.4 is 10.6 Å². The lowest BCUT2D eigenvalue weighted by Crippen LogP contribution is -2.23. The zero-order valence-corrected chi connectivity index (χ0v) is 15.0. The van der Waals surface area contributed by atoms with Crippen molar-refractivity contribution in [1.29, 1.82) is 0 Å². The summed E-state index contributed by atoms with van der Waals surface area (Å²) in [6, 6.07) is 13.8. The Labute approximate surface area is 164 Å². The van der Waals surface area contributed by atoms with Crippen LogP contribution in [-0.4, -0.2) is 16.8 Å². The van der Waals surface area contributed by atoms with Crippen LogP contribution in [0.15, 0.2) is 73.1 Å². The lowest BCUT2D eigenvalue weighted by Gasteiger charge is -2.10. The predicted molar refractivity (Wildman–Crippen MR) is 101 cm³/mol. The number of rotatable bonds is 5. The minimum Gasteiger partial charge on any atom is -0.348 e. The zero-order valence-electron chi connectivity index (χ0n) is 15.0. The van der Waals surface area contributed by atoms with E-state index in [1.165, 1.54) is 30.3 Å². The van der Waals surface area contributed by atoms with Gasteiger partial charge < -0.3 is 10.6 Å². The molecular weight excluding hydrogens is 383 g/mol. The Balaban J connectivity index is 1.68. The number of carbonyl (C=O) groups is 2. The van der Waals surface area contributed by atoms with E-state index < -0.39 is 17.6 Å². The highest BCUT2D eigenvalue weighted by molar-refractivity contribution is 6.06. The molecular formula is C21H16F3N3O2. The summed E-state index contributed by atoms with van der Waals surface area (Å²) in [6.45, 7) is 0.271. The molecule has 0 fully saturated rings. The van der Waals surface area contributed by atoms with E-state index in [0.29, 0.717) is 0 Å². The van der Waals surface area contributed by atoms with Gasteiger partial charge in [0.1, 0.15) is 0 Å². The number of carbonyl (C=O) groups excluding carboxylic acids is 2. The molecule has 29 heavy (non-hydrogen) atoms. The molecule has 1 heterocycles. The van der Waals surface area contributed by atoms with Crippen molar-refractivity contribution in [2.45, 2.75) is 12.7 Å². The highest BCUT2D eigenvalue weighted by Crippen LogP contribution is 2.30. The largest absolute Gasteiger partial charge is 0.416 e. The van der Waals surface area contributed by atoms with E-state index in [2.05, 4.69) is 15.6 Å². The SMILES string of the molecule is O=C(NCc1cccnc1)c1cccc(C(=O)Nc2cccc(C(F)(F)F)c2)c1. The van der Waals surface area contributed by atoms with Gasteiger partial charge in [-0.25, -0.2) is 0 Å². The van der Waals surface area contributed by atoms with E-state index in [0.717, 1.165) is 17.7 Å². The normalized spacial score (nSPS) is 11.0. The summed E-state index contributed by atoms with van der Waals surface area (Å²) in [5, 5.41) is 5.14. The van der Waals surface area contributed by atoms with Gasteiger partial charge in [-0.15, -0.1) is 0 Å². The number of alkyl halides is 3. The molecule has 0 aliphatic heterocycles. The molecule has 0 radical (unpaired) electrons. The summed E-state index contributed by atoms with van der Waals surface area (Å²) in [7, 11) is 0. The van der Waals surface area contributed by atoms with Gasteiger partial charge in [0, 0.05) is 35.8 Å². The first-order chi connectivity index (χ1) is 13.8. The summed E-state index contributed by atoms with van der Waals surface area (Å²) in [4.78, 5) is 28.7. The second-order valence-corrected chi connectivity index (χ2v) is 6.16. The number of benzene rings is 2. The van der Waals surface area contributed by atoms with Crippen LogP contribution >= 0.6 is 0 Å². The quantitative estimate of drug-likeness (QED) is 0.673. The van der Waals surface area contributed by atoms with Gasteiger partial charge in [0.25, 0.3) is 11.8 Å². The Bertz CT molecular complexity index is 1020. The number of hydrogen-bond acceptors (Lipinski definition) is 3. The fourth-order valence-electron chi connectivity index (χ4n) is 2.57. The van der Waals surface area contributed by atoms with Crippen LogP contribution in [0.3, 0.4) is 0 Å². The fourth-order valence-corrected chi connectivity index (χ4v) is 2.57. The summed E-state index contributed by atoms with van der Waals surface area (Å²) in [6.07, 6.45) is -1.26. The Hall–Kier alpha value is -3.68. The maximum Gasteiger partial charge on any atom is 0.416 e. The lowest BCUT2D eigenvalue weighted by molar-refractivity contribution is -0.137. The van der Waals surface area contributed by atoms with Crippen LogP contribution in [0.4, 0.5) is 18.9 Å². The van der Waals surface area contributed by atoms with Crippen LogP contribution in [0.25, 0.3) is 0 Å². The van der Waals surface area contributed by atoms with Gasteiger partial charge in [0.15, 0.2) is 0 Å². The number of anilines is 1. The second kappa shape index (κ2) is 8.55. The third-order valence-electron chi connectivity index (χ3n) is 4.01. The predicted octanol–water partition coefficient (Wildman–Crippen LogP) is 4.28. The molecule has 1 aromatic heterocycles. The van der Waals surface area contributed by atoms with Gasteiger partial charge in [0.2, 0.25) is 0 Å². The molecule has 0 spiro atoms. The highest BCUT2D eigenvalue weighted by Gasteiger charge is 2.30. The molecule has 2 N–H and O–H groups in total. The van der Waals surface area contributed by atoms with Gasteiger partial charge in [-0.3, -0.25) is 14.6 Å². The van der Waals surface area contributed by atoms with E-state index in [-0.39, 0.29) is 29.3 Å². The molecule has 0 saturated heterocycles. The van der Waals surface area contributed by atoms with Crippen LogP contribution in [0, 0.1) is 0 Å². The summed E-state index contributed by atoms with van der Waals surface area (Å²) in [5.74, 6) is -1.01. The highest BCUT2D eigenvalue weighted by atomic mass is 19.4. The molecule has 2 amide bonds. The Kier molecular flexibility index (Phi) is 5.92. The van der Waals surface area contributed by atoms with Crippen molar-refractivity contribution in [2.24, 2.45) is 0 Å². The molecule has 0 unspecified atom stereocenters. The molecule has 0 atom stereocenters. The third-order valence-corrected chi connectivity index (χ3v) is 4.01. The van der Waals surface area contributed by atoms with Gasteiger partial charge in [-0.1, -0.05) is 18.2 Å². The molecule has 2 aromatic carbocycles. The topological polar surface area (TPSA) is 71.1 Å². The van der Waals surface area contributed by atoms with Crippen molar-refractivity contribution in [3.63, 3.8) is 0 Å². The summed E-state index contributed by atoms with van der Waals surface area (Å²) >= 11 is 0. The molecule has 0 saturated carbocycles.